The zero-order valence-electron chi connectivity index (χ0n) is 21.1. The van der Waals surface area contributed by atoms with Gasteiger partial charge in [0, 0.05) is 25.3 Å². The zero-order valence-corrected chi connectivity index (χ0v) is 21.1. The van der Waals surface area contributed by atoms with Gasteiger partial charge in [-0.2, -0.15) is 18.4 Å². The van der Waals surface area contributed by atoms with Crippen LogP contribution in [-0.4, -0.2) is 63.8 Å². The molecule has 38 heavy (non-hydrogen) atoms. The Labute approximate surface area is 218 Å². The number of guanidine groups is 1. The van der Waals surface area contributed by atoms with Gasteiger partial charge < -0.3 is 20.2 Å². The first-order valence-electron chi connectivity index (χ1n) is 11.8. The minimum Gasteiger partial charge on any atom is -0.475 e. The number of carboxylic acids is 1. The van der Waals surface area contributed by atoms with Crippen LogP contribution in [0, 0.1) is 24.3 Å². The quantitative estimate of drug-likeness (QED) is 0.287. The van der Waals surface area contributed by atoms with E-state index in [0.717, 1.165) is 47.7 Å². The predicted molar refractivity (Wildman–Crippen MR) is 139 cm³/mol. The smallest absolute Gasteiger partial charge is 0.475 e. The normalized spacial score (nSPS) is 16.1. The van der Waals surface area contributed by atoms with Crippen molar-refractivity contribution >= 4 is 34.5 Å². The Hall–Kier alpha value is -4.40. The van der Waals surface area contributed by atoms with E-state index in [9.17, 15) is 18.4 Å². The Morgan fingerprint density at radius 1 is 1.16 bits per heavy atom. The number of aryl methyl sites for hydroxylation is 1. The molecule has 1 saturated heterocycles. The fourth-order valence-electron chi connectivity index (χ4n) is 4.00. The number of nitrogens with zero attached hydrogens (tertiary/aromatic N) is 6. The minimum absolute atomic E-state index is 0.172. The Kier molecular flexibility index (Phi) is 9.07. The Balaban J connectivity index is 0.000000505. The van der Waals surface area contributed by atoms with Crippen molar-refractivity contribution in [2.75, 3.05) is 29.9 Å². The number of aliphatic carboxylic acids is 1. The van der Waals surface area contributed by atoms with E-state index in [-0.39, 0.29) is 6.04 Å². The number of hydrogen-bond acceptors (Lipinski definition) is 6. The number of carbonyl (C=O) groups is 1. The highest BCUT2D eigenvalue weighted by Crippen LogP contribution is 2.24. The Morgan fingerprint density at radius 2 is 1.79 bits per heavy atom. The molecular weight excluding hydrogens is 499 g/mol. The van der Waals surface area contributed by atoms with Gasteiger partial charge in [-0.25, -0.2) is 9.78 Å². The second-order valence-corrected chi connectivity index (χ2v) is 8.95. The summed E-state index contributed by atoms with van der Waals surface area (Å²) in [6, 6.07) is 16.1. The number of rotatable bonds is 3. The van der Waals surface area contributed by atoms with Crippen LogP contribution < -0.4 is 10.2 Å². The maximum absolute atomic E-state index is 10.6. The van der Waals surface area contributed by atoms with Gasteiger partial charge in [-0.15, -0.1) is 4.99 Å². The van der Waals surface area contributed by atoms with E-state index in [4.69, 9.17) is 14.9 Å². The number of fused-ring (bicyclic) bond motifs is 1. The van der Waals surface area contributed by atoms with E-state index >= 15 is 0 Å². The highest BCUT2D eigenvalue weighted by Gasteiger charge is 2.38. The number of nitriles is 1. The molecule has 12 heteroatoms. The van der Waals surface area contributed by atoms with Gasteiger partial charge in [-0.05, 0) is 36.6 Å². The van der Waals surface area contributed by atoms with Crippen molar-refractivity contribution in [3.05, 3.63) is 60.3 Å². The molecule has 1 atom stereocenters. The first-order valence-corrected chi connectivity index (χ1v) is 11.8. The van der Waals surface area contributed by atoms with E-state index in [1.807, 2.05) is 67.8 Å². The highest BCUT2D eigenvalue weighted by atomic mass is 19.4. The molecule has 0 aliphatic carbocycles. The SMILES string of the molecule is Cc1ccccc1N/C(=N\C#N)N1CCN(c2cnc3ccccc3n2)C[C@H]1C(C)C.O=C(O)C(F)(F)F. The number of halogens is 3. The van der Waals surface area contributed by atoms with Crippen molar-refractivity contribution in [3.63, 3.8) is 0 Å². The van der Waals surface area contributed by atoms with Gasteiger partial charge in [0.2, 0.25) is 12.2 Å². The third kappa shape index (κ3) is 7.09. The molecule has 3 aromatic rings. The van der Waals surface area contributed by atoms with E-state index in [1.165, 1.54) is 0 Å². The van der Waals surface area contributed by atoms with Crippen LogP contribution in [0.2, 0.25) is 0 Å². The number of aromatic nitrogens is 2. The summed E-state index contributed by atoms with van der Waals surface area (Å²) in [4.78, 5) is 26.9. The summed E-state index contributed by atoms with van der Waals surface area (Å²) < 4.78 is 31.7. The molecule has 200 valence electrons. The molecule has 1 aromatic heterocycles. The van der Waals surface area contributed by atoms with Gasteiger partial charge >= 0.3 is 12.1 Å². The van der Waals surface area contributed by atoms with Gasteiger partial charge in [0.05, 0.1) is 23.3 Å². The molecular formula is C26H28F3N7O2. The molecule has 9 nitrogen and oxygen atoms in total. The molecule has 0 unspecified atom stereocenters. The number of alkyl halides is 3. The molecule has 1 aliphatic heterocycles. The van der Waals surface area contributed by atoms with E-state index in [2.05, 4.69) is 38.9 Å². The lowest BCUT2D eigenvalue weighted by atomic mass is 9.99. The van der Waals surface area contributed by atoms with Crippen LogP contribution in [0.3, 0.4) is 0 Å². The molecule has 1 fully saturated rings. The summed E-state index contributed by atoms with van der Waals surface area (Å²) in [7, 11) is 0. The lowest BCUT2D eigenvalue weighted by Crippen LogP contribution is -2.58. The van der Waals surface area contributed by atoms with Crippen molar-refractivity contribution in [1.82, 2.24) is 14.9 Å². The van der Waals surface area contributed by atoms with Crippen molar-refractivity contribution in [2.45, 2.75) is 33.0 Å². The van der Waals surface area contributed by atoms with Crippen molar-refractivity contribution < 1.29 is 23.1 Å². The number of aliphatic imine (C=N–C) groups is 1. The van der Waals surface area contributed by atoms with Gasteiger partial charge in [-0.1, -0.05) is 44.2 Å². The third-order valence-corrected chi connectivity index (χ3v) is 6.01. The molecule has 0 spiro atoms. The topological polar surface area (TPSA) is 118 Å². The third-order valence-electron chi connectivity index (χ3n) is 6.01. The van der Waals surface area contributed by atoms with Crippen LogP contribution in [0.25, 0.3) is 11.0 Å². The van der Waals surface area contributed by atoms with Crippen LogP contribution >= 0.6 is 0 Å². The van der Waals surface area contributed by atoms with Crippen molar-refractivity contribution in [2.24, 2.45) is 10.9 Å². The van der Waals surface area contributed by atoms with Crippen LogP contribution in [0.1, 0.15) is 19.4 Å². The lowest BCUT2D eigenvalue weighted by molar-refractivity contribution is -0.192. The summed E-state index contributed by atoms with van der Waals surface area (Å²) in [6.07, 6.45) is -1.26. The molecule has 1 aliphatic rings. The van der Waals surface area contributed by atoms with Gasteiger partial charge in [0.1, 0.15) is 5.82 Å². The summed E-state index contributed by atoms with van der Waals surface area (Å²) in [5.74, 6) is -0.916. The van der Waals surface area contributed by atoms with Crippen LogP contribution in [0.5, 0.6) is 0 Å². The molecule has 4 rings (SSSR count). The number of benzene rings is 2. The first-order chi connectivity index (χ1) is 18.0. The number of para-hydroxylation sites is 3. The number of nitrogens with one attached hydrogen (secondary N) is 1. The first kappa shape index (κ1) is 28.2. The summed E-state index contributed by atoms with van der Waals surface area (Å²) in [5, 5.41) is 19.9. The second kappa shape index (κ2) is 12.2. The van der Waals surface area contributed by atoms with Crippen LogP contribution in [0.15, 0.2) is 59.7 Å². The largest absolute Gasteiger partial charge is 0.490 e. The maximum Gasteiger partial charge on any atom is 0.490 e. The monoisotopic (exact) mass is 527 g/mol. The summed E-state index contributed by atoms with van der Waals surface area (Å²) in [6.45, 7) is 8.73. The second-order valence-electron chi connectivity index (χ2n) is 8.95. The molecule has 0 bridgehead atoms. The average Bonchev–Trinajstić information content (AvgIpc) is 2.89. The Bertz CT molecular complexity index is 1340. The lowest BCUT2D eigenvalue weighted by Gasteiger charge is -2.45. The molecule has 0 radical (unpaired) electrons. The van der Waals surface area contributed by atoms with E-state index in [0.29, 0.717) is 11.9 Å². The summed E-state index contributed by atoms with van der Waals surface area (Å²) in [5.41, 5.74) is 3.87. The number of piperazine rings is 1. The maximum atomic E-state index is 10.6. The van der Waals surface area contributed by atoms with Gasteiger partial charge in [0.15, 0.2) is 0 Å². The number of carboxylic acid groups (broad SMARTS) is 1. The fourth-order valence-corrected chi connectivity index (χ4v) is 4.00. The number of anilines is 2. The Morgan fingerprint density at radius 3 is 2.39 bits per heavy atom. The van der Waals surface area contributed by atoms with Gasteiger partial charge in [0.25, 0.3) is 0 Å². The molecule has 2 N–H and O–H groups in total. The van der Waals surface area contributed by atoms with Crippen LogP contribution in [0.4, 0.5) is 24.7 Å². The van der Waals surface area contributed by atoms with E-state index < -0.39 is 12.1 Å². The minimum atomic E-state index is -5.08. The predicted octanol–water partition coefficient (Wildman–Crippen LogP) is 4.67. The fraction of sp³-hybridized carbons (Fsp3) is 0.346. The molecule has 2 heterocycles. The van der Waals surface area contributed by atoms with Crippen molar-refractivity contribution in [3.8, 4) is 6.19 Å². The van der Waals surface area contributed by atoms with Crippen molar-refractivity contribution in [1.29, 1.82) is 5.26 Å². The molecule has 0 amide bonds. The zero-order chi connectivity index (χ0) is 27.9. The highest BCUT2D eigenvalue weighted by molar-refractivity contribution is 5.95. The van der Waals surface area contributed by atoms with E-state index in [1.54, 1.807) is 0 Å². The van der Waals surface area contributed by atoms with Gasteiger partial charge in [-0.3, -0.25) is 4.98 Å². The standard InChI is InChI=1S/C24H27N7.C2HF3O2/c1-17(2)22-15-30(23-14-26-20-10-6-7-11-21(20)28-23)12-13-31(22)24(27-16-25)29-19-9-5-4-8-18(19)3;3-2(4,5)1(6)7/h4-11,14,17,22H,12-13,15H2,1-3H3,(H,27,29);(H,6,7)/t22-;/m0./s1. The molecule has 0 saturated carbocycles. The summed E-state index contributed by atoms with van der Waals surface area (Å²) >= 11 is 0. The average molecular weight is 528 g/mol. The van der Waals surface area contributed by atoms with Crippen LogP contribution in [-0.2, 0) is 4.79 Å². The molecule has 2 aromatic carbocycles. The number of hydrogen-bond donors (Lipinski definition) is 2.